The third-order valence-corrected chi connectivity index (χ3v) is 5.15. The molecule has 1 heterocycles. The van der Waals surface area contributed by atoms with Crippen LogP contribution < -0.4 is 21.9 Å². The molecule has 3 aromatic rings. The molecule has 0 bridgehead atoms. The van der Waals surface area contributed by atoms with Gasteiger partial charge in [0.15, 0.2) is 0 Å². The first kappa shape index (κ1) is 21.8. The normalized spacial score (nSPS) is 10.9. The van der Waals surface area contributed by atoms with Gasteiger partial charge in [0.2, 0.25) is 0 Å². The highest BCUT2D eigenvalue weighted by Gasteiger charge is 2.20. The zero-order valence-electron chi connectivity index (χ0n) is 16.4. The summed E-state index contributed by atoms with van der Waals surface area (Å²) in [6.07, 6.45) is 0. The van der Waals surface area contributed by atoms with E-state index in [4.69, 9.17) is 10.5 Å². The van der Waals surface area contributed by atoms with Gasteiger partial charge in [0.25, 0.3) is 5.56 Å². The van der Waals surface area contributed by atoms with E-state index in [1.165, 1.54) is 17.7 Å². The molecular weight excluding hydrogens is 455 g/mol. The fourth-order valence-corrected chi connectivity index (χ4v) is 3.47. The molecule has 0 atom stereocenters. The molecule has 0 aliphatic heterocycles. The van der Waals surface area contributed by atoms with Crippen molar-refractivity contribution >= 4 is 27.4 Å². The molecule has 0 radical (unpaired) electrons. The molecule has 7 nitrogen and oxygen atoms in total. The molecule has 0 aliphatic rings. The van der Waals surface area contributed by atoms with E-state index in [9.17, 15) is 14.0 Å². The van der Waals surface area contributed by atoms with Crippen molar-refractivity contribution in [2.75, 3.05) is 30.9 Å². The van der Waals surface area contributed by atoms with Crippen molar-refractivity contribution in [3.8, 4) is 0 Å². The molecule has 0 fully saturated rings. The number of benzene rings is 2. The second-order valence-electron chi connectivity index (χ2n) is 6.71. The number of nitrogens with one attached hydrogen (secondary N) is 1. The first-order valence-corrected chi connectivity index (χ1v) is 10.0. The Morgan fingerprint density at radius 2 is 1.93 bits per heavy atom. The number of nitrogens with two attached hydrogens (primary N) is 1. The molecule has 0 aliphatic carbocycles. The lowest BCUT2D eigenvalue weighted by atomic mass is 10.2. The summed E-state index contributed by atoms with van der Waals surface area (Å²) in [5.74, 6) is -0.402. The molecule has 3 rings (SSSR count). The number of nitrogens with zero attached hydrogens (tertiary/aromatic N) is 2. The maximum Gasteiger partial charge on any atom is 0.330 e. The number of rotatable bonds is 8. The highest BCUT2D eigenvalue weighted by Crippen LogP contribution is 2.22. The summed E-state index contributed by atoms with van der Waals surface area (Å²) < 4.78 is 21.5. The highest BCUT2D eigenvalue weighted by molar-refractivity contribution is 9.10. The quantitative estimate of drug-likeness (QED) is 0.521. The van der Waals surface area contributed by atoms with E-state index in [1.54, 1.807) is 17.0 Å². The van der Waals surface area contributed by atoms with Gasteiger partial charge in [-0.15, -0.1) is 0 Å². The van der Waals surface area contributed by atoms with E-state index >= 15 is 0 Å². The average Bonchev–Trinajstić information content (AvgIpc) is 2.71. The minimum Gasteiger partial charge on any atom is -0.383 e. The van der Waals surface area contributed by atoms with Gasteiger partial charge in [-0.25, -0.2) is 9.18 Å². The number of H-pyrrole nitrogens is 1. The topological polar surface area (TPSA) is 93.3 Å². The molecular formula is C21H22BrFN4O3. The lowest BCUT2D eigenvalue weighted by molar-refractivity contribution is 0.205. The zero-order valence-corrected chi connectivity index (χ0v) is 18.0. The summed E-state index contributed by atoms with van der Waals surface area (Å²) in [4.78, 5) is 29.0. The standard InChI is InChI=1S/C21H22BrFN4O3/c1-30-10-9-26(13-15-7-8-16(22)11-17(15)23)18-19(24)27(21(29)25-20(18)28)12-14-5-3-2-4-6-14/h2-8,11H,9-10,12-13,24H2,1H3,(H,25,28,29). The third-order valence-electron chi connectivity index (χ3n) is 4.66. The van der Waals surface area contributed by atoms with Crippen molar-refractivity contribution in [3.63, 3.8) is 0 Å². The number of halogens is 2. The minimum absolute atomic E-state index is 0.0150. The predicted molar refractivity (Wildman–Crippen MR) is 118 cm³/mol. The number of ether oxygens (including phenoxy) is 1. The first-order valence-electron chi connectivity index (χ1n) is 9.25. The van der Waals surface area contributed by atoms with Gasteiger partial charge in [-0.2, -0.15) is 0 Å². The van der Waals surface area contributed by atoms with Gasteiger partial charge in [0, 0.05) is 30.2 Å². The van der Waals surface area contributed by atoms with Crippen LogP contribution in [0, 0.1) is 5.82 Å². The number of nitrogen functional groups attached to an aromatic ring is 1. The van der Waals surface area contributed by atoms with Crippen LogP contribution in [-0.2, 0) is 17.8 Å². The van der Waals surface area contributed by atoms with Crippen molar-refractivity contribution in [3.05, 3.63) is 90.8 Å². The SMILES string of the molecule is COCCN(Cc1ccc(Br)cc1F)c1c(N)n(Cc2ccccc2)c(=O)[nH]c1=O. The smallest absolute Gasteiger partial charge is 0.330 e. The predicted octanol–water partition coefficient (Wildman–Crippen LogP) is 2.72. The summed E-state index contributed by atoms with van der Waals surface area (Å²) in [6, 6.07) is 14.0. The summed E-state index contributed by atoms with van der Waals surface area (Å²) >= 11 is 3.23. The van der Waals surface area contributed by atoms with E-state index in [1.807, 2.05) is 30.3 Å². The van der Waals surface area contributed by atoms with Gasteiger partial charge in [-0.1, -0.05) is 52.3 Å². The van der Waals surface area contributed by atoms with Gasteiger partial charge in [0.1, 0.15) is 17.3 Å². The van der Waals surface area contributed by atoms with Crippen LogP contribution in [0.4, 0.5) is 15.9 Å². The molecule has 158 valence electrons. The Balaban J connectivity index is 2.05. The molecule has 0 saturated heterocycles. The number of aromatic amines is 1. The van der Waals surface area contributed by atoms with Crippen LogP contribution in [-0.4, -0.2) is 29.8 Å². The molecule has 1 aromatic heterocycles. The lowest BCUT2D eigenvalue weighted by Crippen LogP contribution is -2.39. The largest absolute Gasteiger partial charge is 0.383 e. The Bertz CT molecular complexity index is 1130. The Morgan fingerprint density at radius 1 is 1.20 bits per heavy atom. The highest BCUT2D eigenvalue weighted by atomic mass is 79.9. The summed E-state index contributed by atoms with van der Waals surface area (Å²) in [5, 5.41) is 0. The van der Waals surface area contributed by atoms with Crippen LogP contribution in [0.1, 0.15) is 11.1 Å². The molecule has 30 heavy (non-hydrogen) atoms. The van der Waals surface area contributed by atoms with E-state index in [0.717, 1.165) is 5.56 Å². The third kappa shape index (κ3) is 4.98. The minimum atomic E-state index is -0.629. The van der Waals surface area contributed by atoms with Crippen LogP contribution in [0.5, 0.6) is 0 Å². The van der Waals surface area contributed by atoms with Gasteiger partial charge < -0.3 is 15.4 Å². The van der Waals surface area contributed by atoms with Crippen molar-refractivity contribution in [2.45, 2.75) is 13.1 Å². The average molecular weight is 477 g/mol. The fraction of sp³-hybridized carbons (Fsp3) is 0.238. The molecule has 0 saturated carbocycles. The van der Waals surface area contributed by atoms with Crippen LogP contribution in [0.2, 0.25) is 0 Å². The van der Waals surface area contributed by atoms with E-state index < -0.39 is 17.1 Å². The van der Waals surface area contributed by atoms with Crippen molar-refractivity contribution in [2.24, 2.45) is 0 Å². The van der Waals surface area contributed by atoms with Crippen LogP contribution in [0.15, 0.2) is 62.6 Å². The van der Waals surface area contributed by atoms with Gasteiger partial charge in [-0.05, 0) is 17.7 Å². The number of hydrogen-bond acceptors (Lipinski definition) is 5. The van der Waals surface area contributed by atoms with Gasteiger partial charge in [0.05, 0.1) is 13.2 Å². The number of anilines is 2. The van der Waals surface area contributed by atoms with Crippen LogP contribution in [0.25, 0.3) is 0 Å². The van der Waals surface area contributed by atoms with Gasteiger partial charge in [-0.3, -0.25) is 14.3 Å². The number of methoxy groups -OCH3 is 1. The Labute approximate surface area is 181 Å². The molecule has 0 unspecified atom stereocenters. The fourth-order valence-electron chi connectivity index (χ4n) is 3.13. The second kappa shape index (κ2) is 9.73. The maximum absolute atomic E-state index is 14.4. The van der Waals surface area contributed by atoms with Gasteiger partial charge >= 0.3 is 5.69 Å². The Hall–Kier alpha value is -2.91. The number of aromatic nitrogens is 2. The van der Waals surface area contributed by atoms with E-state index in [2.05, 4.69) is 20.9 Å². The monoisotopic (exact) mass is 476 g/mol. The number of hydrogen-bond donors (Lipinski definition) is 2. The lowest BCUT2D eigenvalue weighted by Gasteiger charge is -2.26. The molecule has 0 amide bonds. The molecule has 2 aromatic carbocycles. The van der Waals surface area contributed by atoms with E-state index in [0.29, 0.717) is 10.0 Å². The Morgan fingerprint density at radius 3 is 2.60 bits per heavy atom. The molecule has 0 spiro atoms. The zero-order chi connectivity index (χ0) is 21.7. The summed E-state index contributed by atoms with van der Waals surface area (Å²) in [6.45, 7) is 0.844. The van der Waals surface area contributed by atoms with Crippen molar-refractivity contribution < 1.29 is 9.13 Å². The first-order chi connectivity index (χ1) is 14.4. The second-order valence-corrected chi connectivity index (χ2v) is 7.63. The molecule has 9 heteroatoms. The summed E-state index contributed by atoms with van der Waals surface area (Å²) in [5.41, 5.74) is 6.38. The van der Waals surface area contributed by atoms with E-state index in [-0.39, 0.29) is 37.7 Å². The van der Waals surface area contributed by atoms with Crippen LogP contribution in [0.3, 0.4) is 0 Å². The van der Waals surface area contributed by atoms with Crippen molar-refractivity contribution in [1.82, 2.24) is 9.55 Å². The molecule has 3 N–H and O–H groups in total. The summed E-state index contributed by atoms with van der Waals surface area (Å²) in [7, 11) is 1.53. The van der Waals surface area contributed by atoms with Crippen LogP contribution >= 0.6 is 15.9 Å². The Kier molecular flexibility index (Phi) is 7.07. The maximum atomic E-state index is 14.4. The van der Waals surface area contributed by atoms with Crippen molar-refractivity contribution in [1.29, 1.82) is 0 Å².